The first kappa shape index (κ1) is 11.4. The van der Waals surface area contributed by atoms with Crippen LogP contribution in [0.5, 0.6) is 0 Å². The smallest absolute Gasteiger partial charge is 0.309 e. The van der Waals surface area contributed by atoms with Crippen LogP contribution < -0.4 is 0 Å². The second-order valence-electron chi connectivity index (χ2n) is 3.61. The van der Waals surface area contributed by atoms with Crippen molar-refractivity contribution in [3.8, 4) is 0 Å². The fraction of sp³-hybridized carbons (Fsp3) is 0.889. The van der Waals surface area contributed by atoms with Gasteiger partial charge in [-0.25, -0.2) is 0 Å². The number of aliphatic carboxylic acids is 1. The van der Waals surface area contributed by atoms with Gasteiger partial charge in [-0.2, -0.15) is 0 Å². The number of carboxylic acids is 1. The summed E-state index contributed by atoms with van der Waals surface area (Å²) in [6, 6.07) is 0. The number of hydrogen-bond acceptors (Lipinski definition) is 2. The molecule has 0 aliphatic heterocycles. The average molecular weight is 174 g/mol. The lowest BCUT2D eigenvalue weighted by molar-refractivity contribution is -0.154. The van der Waals surface area contributed by atoms with E-state index in [4.69, 9.17) is 5.11 Å². The highest BCUT2D eigenvalue weighted by Crippen LogP contribution is 2.33. The molecule has 0 bridgehead atoms. The van der Waals surface area contributed by atoms with Gasteiger partial charge < -0.3 is 10.2 Å². The molecule has 0 rings (SSSR count). The second kappa shape index (κ2) is 3.90. The standard InChI is InChI=1S/C9H18O3/c1-5-9(4,8(11)12)6(2)7(3)10/h6-7,10H,5H2,1-4H3,(H,11,12). The molecule has 0 amide bonds. The number of carbonyl (C=O) groups is 1. The quantitative estimate of drug-likeness (QED) is 0.679. The molecule has 3 unspecified atom stereocenters. The molecule has 3 heteroatoms. The first-order valence-electron chi connectivity index (χ1n) is 4.27. The van der Waals surface area contributed by atoms with E-state index < -0.39 is 17.5 Å². The van der Waals surface area contributed by atoms with Crippen LogP contribution in [0, 0.1) is 11.3 Å². The monoisotopic (exact) mass is 174 g/mol. The van der Waals surface area contributed by atoms with Crippen LogP contribution >= 0.6 is 0 Å². The number of carboxylic acid groups (broad SMARTS) is 1. The maximum absolute atomic E-state index is 10.9. The van der Waals surface area contributed by atoms with Crippen molar-refractivity contribution in [3.63, 3.8) is 0 Å². The van der Waals surface area contributed by atoms with Gasteiger partial charge in [0.05, 0.1) is 11.5 Å². The van der Waals surface area contributed by atoms with Gasteiger partial charge in [0, 0.05) is 0 Å². The summed E-state index contributed by atoms with van der Waals surface area (Å²) < 4.78 is 0. The SMILES string of the molecule is CCC(C)(C(=O)O)C(C)C(C)O. The minimum Gasteiger partial charge on any atom is -0.481 e. The van der Waals surface area contributed by atoms with Crippen LogP contribution in [-0.4, -0.2) is 22.3 Å². The van der Waals surface area contributed by atoms with Crippen molar-refractivity contribution in [1.82, 2.24) is 0 Å². The van der Waals surface area contributed by atoms with Crippen LogP contribution in [0.2, 0.25) is 0 Å². The van der Waals surface area contributed by atoms with Crippen LogP contribution in [0.3, 0.4) is 0 Å². The highest BCUT2D eigenvalue weighted by Gasteiger charge is 2.39. The zero-order valence-electron chi connectivity index (χ0n) is 8.16. The summed E-state index contributed by atoms with van der Waals surface area (Å²) in [6.45, 7) is 6.89. The van der Waals surface area contributed by atoms with Gasteiger partial charge in [0.2, 0.25) is 0 Å². The number of aliphatic hydroxyl groups excluding tert-OH is 1. The molecule has 0 spiro atoms. The Bertz CT molecular complexity index is 165. The van der Waals surface area contributed by atoms with Crippen molar-refractivity contribution in [3.05, 3.63) is 0 Å². The molecule has 0 aromatic rings. The third-order valence-corrected chi connectivity index (χ3v) is 2.95. The molecular weight excluding hydrogens is 156 g/mol. The molecule has 72 valence electrons. The Morgan fingerprint density at radius 3 is 2.00 bits per heavy atom. The summed E-state index contributed by atoms with van der Waals surface area (Å²) in [5.74, 6) is -1.06. The molecular formula is C9H18O3. The van der Waals surface area contributed by atoms with Gasteiger partial charge in [-0.1, -0.05) is 13.8 Å². The van der Waals surface area contributed by atoms with E-state index in [1.807, 2.05) is 6.92 Å². The van der Waals surface area contributed by atoms with Crippen molar-refractivity contribution in [2.45, 2.75) is 40.2 Å². The van der Waals surface area contributed by atoms with Gasteiger partial charge in [-0.05, 0) is 26.2 Å². The van der Waals surface area contributed by atoms with E-state index in [0.717, 1.165) is 0 Å². The van der Waals surface area contributed by atoms with Crippen molar-refractivity contribution < 1.29 is 15.0 Å². The molecule has 0 aliphatic carbocycles. The Balaban J connectivity index is 4.63. The molecule has 12 heavy (non-hydrogen) atoms. The van der Waals surface area contributed by atoms with Gasteiger partial charge in [0.1, 0.15) is 0 Å². The van der Waals surface area contributed by atoms with Gasteiger partial charge in [0.25, 0.3) is 0 Å². The van der Waals surface area contributed by atoms with E-state index in [1.165, 1.54) is 0 Å². The highest BCUT2D eigenvalue weighted by atomic mass is 16.4. The van der Waals surface area contributed by atoms with E-state index >= 15 is 0 Å². The Kier molecular flexibility index (Phi) is 3.71. The third-order valence-electron chi connectivity index (χ3n) is 2.95. The van der Waals surface area contributed by atoms with Gasteiger partial charge >= 0.3 is 5.97 Å². The topological polar surface area (TPSA) is 57.5 Å². The first-order chi connectivity index (χ1) is 5.36. The number of rotatable bonds is 4. The summed E-state index contributed by atoms with van der Waals surface area (Å²) >= 11 is 0. The van der Waals surface area contributed by atoms with Crippen molar-refractivity contribution in [2.75, 3.05) is 0 Å². The van der Waals surface area contributed by atoms with E-state index in [-0.39, 0.29) is 5.92 Å². The molecule has 0 fully saturated rings. The summed E-state index contributed by atoms with van der Waals surface area (Å²) in [5.41, 5.74) is -0.811. The fourth-order valence-corrected chi connectivity index (χ4v) is 1.20. The molecule has 0 saturated heterocycles. The Hall–Kier alpha value is -0.570. The molecule has 0 aromatic heterocycles. The largest absolute Gasteiger partial charge is 0.481 e. The van der Waals surface area contributed by atoms with E-state index in [2.05, 4.69) is 0 Å². The van der Waals surface area contributed by atoms with Crippen LogP contribution in [0.4, 0.5) is 0 Å². The second-order valence-corrected chi connectivity index (χ2v) is 3.61. The zero-order chi connectivity index (χ0) is 9.94. The Labute approximate surface area is 73.4 Å². The molecule has 0 aromatic carbocycles. The van der Waals surface area contributed by atoms with Crippen LogP contribution in [0.1, 0.15) is 34.1 Å². The molecule has 0 saturated carbocycles. The minimum absolute atomic E-state index is 0.222. The molecule has 0 radical (unpaired) electrons. The molecule has 3 atom stereocenters. The fourth-order valence-electron chi connectivity index (χ4n) is 1.20. The predicted octanol–water partition coefficient (Wildman–Crippen LogP) is 1.50. The van der Waals surface area contributed by atoms with Crippen molar-refractivity contribution >= 4 is 5.97 Å². The van der Waals surface area contributed by atoms with Crippen molar-refractivity contribution in [2.24, 2.45) is 11.3 Å². The lowest BCUT2D eigenvalue weighted by atomic mass is 9.73. The predicted molar refractivity (Wildman–Crippen MR) is 46.9 cm³/mol. The Morgan fingerprint density at radius 1 is 1.50 bits per heavy atom. The summed E-state index contributed by atoms with van der Waals surface area (Å²) in [7, 11) is 0. The summed E-state index contributed by atoms with van der Waals surface area (Å²) in [5, 5.41) is 18.2. The van der Waals surface area contributed by atoms with Crippen molar-refractivity contribution in [1.29, 1.82) is 0 Å². The van der Waals surface area contributed by atoms with Gasteiger partial charge in [-0.3, -0.25) is 4.79 Å². The molecule has 2 N–H and O–H groups in total. The maximum Gasteiger partial charge on any atom is 0.309 e. The average Bonchev–Trinajstić information content (AvgIpc) is 2.01. The lowest BCUT2D eigenvalue weighted by Crippen LogP contribution is -2.39. The lowest BCUT2D eigenvalue weighted by Gasteiger charge is -2.32. The number of aliphatic hydroxyl groups is 1. The molecule has 0 heterocycles. The van der Waals surface area contributed by atoms with Gasteiger partial charge in [0.15, 0.2) is 0 Å². The van der Waals surface area contributed by atoms with Gasteiger partial charge in [-0.15, -0.1) is 0 Å². The molecule has 0 aliphatic rings. The van der Waals surface area contributed by atoms with E-state index in [0.29, 0.717) is 6.42 Å². The Morgan fingerprint density at radius 2 is 1.92 bits per heavy atom. The first-order valence-corrected chi connectivity index (χ1v) is 4.27. The third kappa shape index (κ3) is 1.97. The summed E-state index contributed by atoms with van der Waals surface area (Å²) in [6.07, 6.45) is -0.0416. The molecule has 3 nitrogen and oxygen atoms in total. The highest BCUT2D eigenvalue weighted by molar-refractivity contribution is 5.74. The normalized spacial score (nSPS) is 21.1. The van der Waals surface area contributed by atoms with E-state index in [1.54, 1.807) is 20.8 Å². The zero-order valence-corrected chi connectivity index (χ0v) is 8.16. The van der Waals surface area contributed by atoms with E-state index in [9.17, 15) is 9.90 Å². The minimum atomic E-state index is -0.835. The van der Waals surface area contributed by atoms with Crippen LogP contribution in [0.15, 0.2) is 0 Å². The van der Waals surface area contributed by atoms with Crippen LogP contribution in [-0.2, 0) is 4.79 Å². The maximum atomic E-state index is 10.9. The number of hydrogen-bond donors (Lipinski definition) is 2. The van der Waals surface area contributed by atoms with Crippen LogP contribution in [0.25, 0.3) is 0 Å². The summed E-state index contributed by atoms with van der Waals surface area (Å²) in [4.78, 5) is 10.9.